The molecule has 3 nitrogen and oxygen atoms in total. The summed E-state index contributed by atoms with van der Waals surface area (Å²) < 4.78 is 0. The second-order valence-corrected chi connectivity index (χ2v) is 7.02. The number of carbonyl (C=O) groups excluding carboxylic acids is 1. The maximum Gasteiger partial charge on any atom is 0.230 e. The molecule has 6 heteroatoms. The van der Waals surface area contributed by atoms with Gasteiger partial charge in [0.25, 0.3) is 0 Å². The molecule has 0 saturated carbocycles. The van der Waals surface area contributed by atoms with Gasteiger partial charge in [-0.1, -0.05) is 47.5 Å². The van der Waals surface area contributed by atoms with Crippen LogP contribution < -0.4 is 5.32 Å². The van der Waals surface area contributed by atoms with E-state index in [0.717, 1.165) is 11.1 Å². The molecule has 0 aromatic heterocycles. The van der Waals surface area contributed by atoms with Crippen molar-refractivity contribution >= 4 is 40.9 Å². The Kier molecular flexibility index (Phi) is 6.99. The van der Waals surface area contributed by atoms with Crippen LogP contribution in [0.1, 0.15) is 29.7 Å². The van der Waals surface area contributed by atoms with Crippen molar-refractivity contribution in [1.82, 2.24) is 5.32 Å². The van der Waals surface area contributed by atoms with E-state index >= 15 is 0 Å². The topological polar surface area (TPSA) is 52.9 Å². The first kappa shape index (κ1) is 18.7. The molecule has 24 heavy (non-hydrogen) atoms. The minimum absolute atomic E-state index is 0.0620. The molecule has 0 heterocycles. The third-order valence-corrected chi connectivity index (χ3v) is 5.17. The lowest BCUT2D eigenvalue weighted by Gasteiger charge is -2.15. The van der Waals surface area contributed by atoms with Crippen molar-refractivity contribution in [2.45, 2.75) is 18.7 Å². The van der Waals surface area contributed by atoms with Crippen molar-refractivity contribution in [3.05, 3.63) is 69.2 Å². The summed E-state index contributed by atoms with van der Waals surface area (Å²) in [5.41, 5.74) is 2.49. The molecule has 124 valence electrons. The number of benzene rings is 2. The number of hydrogen-bond acceptors (Lipinski definition) is 3. The van der Waals surface area contributed by atoms with Crippen LogP contribution in [0.5, 0.6) is 0 Å². The highest BCUT2D eigenvalue weighted by Crippen LogP contribution is 2.25. The number of nitriles is 1. The number of rotatable bonds is 6. The number of thioether (sulfide) groups is 1. The van der Waals surface area contributed by atoms with E-state index in [4.69, 9.17) is 28.5 Å². The lowest BCUT2D eigenvalue weighted by Crippen LogP contribution is -2.28. The number of amides is 1. The normalized spacial score (nSPS) is 11.6. The Morgan fingerprint density at radius 3 is 2.71 bits per heavy atom. The molecule has 0 fully saturated rings. The smallest absolute Gasteiger partial charge is 0.230 e. The predicted octanol–water partition coefficient (Wildman–Crippen LogP) is 4.98. The molecular weight excluding hydrogens is 363 g/mol. The van der Waals surface area contributed by atoms with Crippen molar-refractivity contribution in [3.8, 4) is 6.07 Å². The van der Waals surface area contributed by atoms with Gasteiger partial charge in [0.1, 0.15) is 0 Å². The maximum atomic E-state index is 12.1. The molecule has 0 unspecified atom stereocenters. The van der Waals surface area contributed by atoms with Crippen molar-refractivity contribution in [3.63, 3.8) is 0 Å². The van der Waals surface area contributed by atoms with Crippen molar-refractivity contribution < 1.29 is 4.79 Å². The van der Waals surface area contributed by atoms with Gasteiger partial charge in [0.15, 0.2) is 0 Å². The van der Waals surface area contributed by atoms with Crippen molar-refractivity contribution in [1.29, 1.82) is 5.26 Å². The third-order valence-electron chi connectivity index (χ3n) is 3.45. The van der Waals surface area contributed by atoms with Gasteiger partial charge < -0.3 is 5.32 Å². The summed E-state index contributed by atoms with van der Waals surface area (Å²) in [6.45, 7) is 1.90. The van der Waals surface area contributed by atoms with Gasteiger partial charge in [0.05, 0.1) is 33.5 Å². The molecule has 0 aliphatic rings. The van der Waals surface area contributed by atoms with Crippen LogP contribution in [0.15, 0.2) is 42.5 Å². The summed E-state index contributed by atoms with van der Waals surface area (Å²) in [5.74, 6) is 0.886. The van der Waals surface area contributed by atoms with Crippen LogP contribution >= 0.6 is 35.0 Å². The highest BCUT2D eigenvalue weighted by Gasteiger charge is 2.11. The summed E-state index contributed by atoms with van der Waals surface area (Å²) in [4.78, 5) is 12.1. The van der Waals surface area contributed by atoms with E-state index < -0.39 is 0 Å². The summed E-state index contributed by atoms with van der Waals surface area (Å²) in [5, 5.41) is 12.9. The monoisotopic (exact) mass is 378 g/mol. The highest BCUT2D eigenvalue weighted by molar-refractivity contribution is 7.99. The molecule has 0 saturated heterocycles. The minimum atomic E-state index is -0.153. The fraction of sp³-hybridized carbons (Fsp3) is 0.222. The molecule has 1 atom stereocenters. The molecule has 0 radical (unpaired) electrons. The first-order valence-electron chi connectivity index (χ1n) is 7.31. The van der Waals surface area contributed by atoms with Crippen molar-refractivity contribution in [2.75, 3.05) is 5.75 Å². The molecule has 0 spiro atoms. The van der Waals surface area contributed by atoms with Crippen LogP contribution in [0.3, 0.4) is 0 Å². The number of hydrogen-bond donors (Lipinski definition) is 1. The zero-order valence-corrected chi connectivity index (χ0v) is 15.4. The SMILES string of the molecule is C[C@@H](NC(=O)CSCc1ccccc1C#N)c1ccc(Cl)c(Cl)c1. The van der Waals surface area contributed by atoms with Crippen LogP contribution in [0.25, 0.3) is 0 Å². The Balaban J connectivity index is 1.85. The fourth-order valence-corrected chi connectivity index (χ4v) is 3.31. The van der Waals surface area contributed by atoms with Crippen LogP contribution in [0.2, 0.25) is 10.0 Å². The average Bonchev–Trinajstić information content (AvgIpc) is 2.57. The van der Waals surface area contributed by atoms with E-state index in [1.54, 1.807) is 18.2 Å². The van der Waals surface area contributed by atoms with Gasteiger partial charge in [0, 0.05) is 5.75 Å². The fourth-order valence-electron chi connectivity index (χ4n) is 2.16. The van der Waals surface area contributed by atoms with Gasteiger partial charge in [-0.05, 0) is 36.2 Å². The minimum Gasteiger partial charge on any atom is -0.349 e. The lowest BCUT2D eigenvalue weighted by molar-refractivity contribution is -0.119. The molecule has 1 amide bonds. The predicted molar refractivity (Wildman–Crippen MR) is 100 cm³/mol. The number of nitrogens with zero attached hydrogens (tertiary/aromatic N) is 1. The second-order valence-electron chi connectivity index (χ2n) is 5.22. The summed E-state index contributed by atoms with van der Waals surface area (Å²) in [7, 11) is 0. The van der Waals surface area contributed by atoms with Crippen LogP contribution in [-0.2, 0) is 10.5 Å². The Morgan fingerprint density at radius 1 is 1.25 bits per heavy atom. The van der Waals surface area contributed by atoms with Gasteiger partial charge in [-0.2, -0.15) is 5.26 Å². The molecule has 0 aliphatic heterocycles. The van der Waals surface area contributed by atoms with Crippen LogP contribution in [0, 0.1) is 11.3 Å². The molecule has 2 aromatic rings. The van der Waals surface area contributed by atoms with Crippen molar-refractivity contribution in [2.24, 2.45) is 0 Å². The van der Waals surface area contributed by atoms with E-state index in [2.05, 4.69) is 11.4 Å². The first-order valence-corrected chi connectivity index (χ1v) is 9.22. The average molecular weight is 379 g/mol. The number of carbonyl (C=O) groups is 1. The Bertz CT molecular complexity index is 774. The summed E-state index contributed by atoms with van der Waals surface area (Å²) in [6, 6.07) is 14.7. The van der Waals surface area contributed by atoms with Crippen LogP contribution in [-0.4, -0.2) is 11.7 Å². The molecule has 2 rings (SSSR count). The quantitative estimate of drug-likeness (QED) is 0.771. The third kappa shape index (κ3) is 5.17. The molecule has 2 aromatic carbocycles. The van der Waals surface area contributed by atoms with Crippen LogP contribution in [0.4, 0.5) is 0 Å². The Hall–Kier alpha value is -1.67. The van der Waals surface area contributed by atoms with Gasteiger partial charge >= 0.3 is 0 Å². The standard InChI is InChI=1S/C18H16Cl2N2OS/c1-12(13-6-7-16(19)17(20)8-13)22-18(23)11-24-10-15-5-3-2-4-14(15)9-21/h2-8,12H,10-11H2,1H3,(H,22,23)/t12-/m1/s1. The second kappa shape index (κ2) is 8.98. The largest absolute Gasteiger partial charge is 0.349 e. The summed E-state index contributed by atoms with van der Waals surface area (Å²) in [6.07, 6.45) is 0. The maximum absolute atomic E-state index is 12.1. The van der Waals surface area contributed by atoms with E-state index in [1.165, 1.54) is 11.8 Å². The molecule has 0 aliphatic carbocycles. The number of nitrogens with one attached hydrogen (secondary N) is 1. The number of halogens is 2. The van der Waals surface area contributed by atoms with E-state index in [-0.39, 0.29) is 11.9 Å². The Morgan fingerprint density at radius 2 is 2.00 bits per heavy atom. The van der Waals surface area contributed by atoms with Gasteiger partial charge in [-0.15, -0.1) is 11.8 Å². The van der Waals surface area contributed by atoms with E-state index in [1.807, 2.05) is 31.2 Å². The zero-order chi connectivity index (χ0) is 17.5. The van der Waals surface area contributed by atoms with E-state index in [0.29, 0.717) is 27.1 Å². The molecule has 0 bridgehead atoms. The highest BCUT2D eigenvalue weighted by atomic mass is 35.5. The molecule has 1 N–H and O–H groups in total. The summed E-state index contributed by atoms with van der Waals surface area (Å²) >= 11 is 13.4. The Labute approximate surface area is 156 Å². The van der Waals surface area contributed by atoms with E-state index in [9.17, 15) is 4.79 Å². The zero-order valence-electron chi connectivity index (χ0n) is 13.1. The molecular formula is C18H16Cl2N2OS. The first-order chi connectivity index (χ1) is 11.5. The van der Waals surface area contributed by atoms with Gasteiger partial charge in [-0.3, -0.25) is 4.79 Å². The van der Waals surface area contributed by atoms with Gasteiger partial charge in [0.2, 0.25) is 5.91 Å². The lowest BCUT2D eigenvalue weighted by atomic mass is 10.1. The van der Waals surface area contributed by atoms with Gasteiger partial charge in [-0.25, -0.2) is 0 Å².